The van der Waals surface area contributed by atoms with E-state index in [0.717, 1.165) is 55.7 Å². The van der Waals surface area contributed by atoms with E-state index in [-0.39, 0.29) is 24.0 Å². The van der Waals surface area contributed by atoms with Crippen molar-refractivity contribution in [3.05, 3.63) is 45.9 Å². The predicted octanol–water partition coefficient (Wildman–Crippen LogP) is 3.96. The Morgan fingerprint density at radius 3 is 2.67 bits per heavy atom. The van der Waals surface area contributed by atoms with Crippen LogP contribution in [0.2, 0.25) is 5.02 Å². The molecule has 1 aliphatic rings. The summed E-state index contributed by atoms with van der Waals surface area (Å²) >= 11 is 7.77. The SMILES string of the molecule is CN=C(NCCc1cccc(Cl)c1)NCCc1csc(N2CCCC2)n1.I. The molecule has 2 heterocycles. The Balaban J connectivity index is 0.00000261. The molecular formula is C19H27ClIN5S. The van der Waals surface area contributed by atoms with Crippen molar-refractivity contribution < 1.29 is 0 Å². The van der Waals surface area contributed by atoms with Crippen LogP contribution in [0.3, 0.4) is 0 Å². The molecule has 1 aliphatic heterocycles. The lowest BCUT2D eigenvalue weighted by Gasteiger charge is -2.12. The second-order valence-electron chi connectivity index (χ2n) is 6.37. The minimum atomic E-state index is 0. The van der Waals surface area contributed by atoms with E-state index in [9.17, 15) is 0 Å². The van der Waals surface area contributed by atoms with Gasteiger partial charge in [0.05, 0.1) is 5.69 Å². The van der Waals surface area contributed by atoms with Gasteiger partial charge in [-0.2, -0.15) is 0 Å². The van der Waals surface area contributed by atoms with Gasteiger partial charge in [-0.15, -0.1) is 35.3 Å². The number of aromatic nitrogens is 1. The summed E-state index contributed by atoms with van der Waals surface area (Å²) in [7, 11) is 1.79. The van der Waals surface area contributed by atoms with Crippen LogP contribution in [0.5, 0.6) is 0 Å². The Bertz CT molecular complexity index is 730. The van der Waals surface area contributed by atoms with Gasteiger partial charge in [0.2, 0.25) is 0 Å². The quantitative estimate of drug-likeness (QED) is 0.330. The Kier molecular flexibility index (Phi) is 9.64. The zero-order chi connectivity index (χ0) is 18.2. The van der Waals surface area contributed by atoms with Gasteiger partial charge in [0.1, 0.15) is 0 Å². The van der Waals surface area contributed by atoms with Crippen LogP contribution in [0.15, 0.2) is 34.6 Å². The number of thiazole rings is 1. The van der Waals surface area contributed by atoms with Gasteiger partial charge in [0.15, 0.2) is 11.1 Å². The van der Waals surface area contributed by atoms with E-state index in [1.54, 1.807) is 18.4 Å². The molecule has 0 aliphatic carbocycles. The highest BCUT2D eigenvalue weighted by Crippen LogP contribution is 2.24. The van der Waals surface area contributed by atoms with Crippen molar-refractivity contribution in [3.8, 4) is 0 Å². The fourth-order valence-corrected chi connectivity index (χ4v) is 4.14. The van der Waals surface area contributed by atoms with Crippen LogP contribution in [-0.2, 0) is 12.8 Å². The highest BCUT2D eigenvalue weighted by molar-refractivity contribution is 14.0. The summed E-state index contributed by atoms with van der Waals surface area (Å²) < 4.78 is 0. The molecule has 5 nitrogen and oxygen atoms in total. The zero-order valence-electron chi connectivity index (χ0n) is 15.6. The van der Waals surface area contributed by atoms with Crippen LogP contribution in [0.4, 0.5) is 5.13 Å². The number of aliphatic imine (C=N–C) groups is 1. The molecule has 8 heteroatoms. The summed E-state index contributed by atoms with van der Waals surface area (Å²) in [4.78, 5) is 11.4. The van der Waals surface area contributed by atoms with Crippen LogP contribution in [0.25, 0.3) is 0 Å². The van der Waals surface area contributed by atoms with Crippen molar-refractivity contribution >= 4 is 58.0 Å². The number of nitrogens with zero attached hydrogens (tertiary/aromatic N) is 3. The molecule has 0 radical (unpaired) electrons. The second-order valence-corrected chi connectivity index (χ2v) is 7.64. The molecule has 2 N–H and O–H groups in total. The van der Waals surface area contributed by atoms with E-state index in [1.807, 2.05) is 18.2 Å². The summed E-state index contributed by atoms with van der Waals surface area (Å²) in [6.45, 7) is 3.93. The first-order valence-electron chi connectivity index (χ1n) is 9.13. The monoisotopic (exact) mass is 519 g/mol. The zero-order valence-corrected chi connectivity index (χ0v) is 19.5. The third kappa shape index (κ3) is 7.12. The number of benzene rings is 1. The van der Waals surface area contributed by atoms with E-state index >= 15 is 0 Å². The Labute approximate surface area is 187 Å². The highest BCUT2D eigenvalue weighted by Gasteiger charge is 2.15. The van der Waals surface area contributed by atoms with E-state index in [1.165, 1.54) is 23.5 Å². The summed E-state index contributed by atoms with van der Waals surface area (Å²) in [5, 5.41) is 10.8. The normalized spacial score (nSPS) is 14.1. The number of hydrogen-bond acceptors (Lipinski definition) is 4. The van der Waals surface area contributed by atoms with Gasteiger partial charge in [0.25, 0.3) is 0 Å². The number of halogens is 2. The average molecular weight is 520 g/mol. The number of nitrogens with one attached hydrogen (secondary N) is 2. The molecule has 0 amide bonds. The van der Waals surface area contributed by atoms with Crippen molar-refractivity contribution in [3.63, 3.8) is 0 Å². The van der Waals surface area contributed by atoms with Gasteiger partial charge in [-0.25, -0.2) is 4.98 Å². The molecule has 0 unspecified atom stereocenters. The summed E-state index contributed by atoms with van der Waals surface area (Å²) in [6.07, 6.45) is 4.38. The maximum absolute atomic E-state index is 6.02. The summed E-state index contributed by atoms with van der Waals surface area (Å²) in [5.74, 6) is 0.821. The van der Waals surface area contributed by atoms with Crippen molar-refractivity contribution in [1.29, 1.82) is 0 Å². The van der Waals surface area contributed by atoms with Gasteiger partial charge in [-0.3, -0.25) is 4.99 Å². The summed E-state index contributed by atoms with van der Waals surface area (Å²) in [6, 6.07) is 7.96. The number of anilines is 1. The van der Waals surface area contributed by atoms with E-state index in [2.05, 4.69) is 32.0 Å². The molecule has 2 aromatic rings. The molecule has 27 heavy (non-hydrogen) atoms. The fraction of sp³-hybridized carbons (Fsp3) is 0.474. The van der Waals surface area contributed by atoms with Gasteiger partial charge in [0, 0.05) is 50.1 Å². The fourth-order valence-electron chi connectivity index (χ4n) is 3.01. The van der Waals surface area contributed by atoms with Crippen LogP contribution in [0.1, 0.15) is 24.1 Å². The largest absolute Gasteiger partial charge is 0.356 e. The maximum Gasteiger partial charge on any atom is 0.190 e. The molecule has 1 aromatic carbocycles. The minimum absolute atomic E-state index is 0. The third-order valence-electron chi connectivity index (χ3n) is 4.41. The molecule has 1 fully saturated rings. The van der Waals surface area contributed by atoms with Crippen LogP contribution < -0.4 is 15.5 Å². The molecule has 0 bridgehead atoms. The molecule has 148 valence electrons. The lowest BCUT2D eigenvalue weighted by Crippen LogP contribution is -2.39. The van der Waals surface area contributed by atoms with Crippen molar-refractivity contribution in [2.45, 2.75) is 25.7 Å². The number of guanidine groups is 1. The predicted molar refractivity (Wildman–Crippen MR) is 127 cm³/mol. The Morgan fingerprint density at radius 2 is 1.96 bits per heavy atom. The smallest absolute Gasteiger partial charge is 0.190 e. The maximum atomic E-state index is 6.02. The Morgan fingerprint density at radius 1 is 1.22 bits per heavy atom. The lowest BCUT2D eigenvalue weighted by molar-refractivity contribution is 0.777. The standard InChI is InChI=1S/C19H26ClN5S.HI/c1-21-18(22-9-7-15-5-4-6-16(20)13-15)23-10-8-17-14-26-19(24-17)25-11-2-3-12-25;/h4-6,13-14H,2-3,7-12H2,1H3,(H2,21,22,23);1H. The molecular weight excluding hydrogens is 493 g/mol. The highest BCUT2D eigenvalue weighted by atomic mass is 127. The second kappa shape index (κ2) is 11.7. The van der Waals surface area contributed by atoms with Gasteiger partial charge < -0.3 is 15.5 Å². The first-order chi connectivity index (χ1) is 12.7. The van der Waals surface area contributed by atoms with Crippen LogP contribution in [-0.4, -0.2) is 44.2 Å². The molecule has 0 spiro atoms. The van der Waals surface area contributed by atoms with E-state index in [0.29, 0.717) is 0 Å². The van der Waals surface area contributed by atoms with Crippen LogP contribution in [0, 0.1) is 0 Å². The number of rotatable bonds is 7. The molecule has 1 saturated heterocycles. The van der Waals surface area contributed by atoms with E-state index in [4.69, 9.17) is 16.6 Å². The summed E-state index contributed by atoms with van der Waals surface area (Å²) in [5.41, 5.74) is 2.37. The molecule has 3 rings (SSSR count). The molecule has 0 atom stereocenters. The minimum Gasteiger partial charge on any atom is -0.356 e. The first kappa shape index (κ1) is 22.2. The average Bonchev–Trinajstić information content (AvgIpc) is 3.32. The van der Waals surface area contributed by atoms with Gasteiger partial charge in [-0.1, -0.05) is 23.7 Å². The molecule has 1 aromatic heterocycles. The lowest BCUT2D eigenvalue weighted by atomic mass is 10.1. The molecule has 0 saturated carbocycles. The van der Waals surface area contributed by atoms with Gasteiger partial charge >= 0.3 is 0 Å². The third-order valence-corrected chi connectivity index (χ3v) is 5.59. The number of hydrogen-bond donors (Lipinski definition) is 2. The van der Waals surface area contributed by atoms with Crippen LogP contribution >= 0.6 is 46.9 Å². The van der Waals surface area contributed by atoms with Crippen molar-refractivity contribution in [2.75, 3.05) is 38.1 Å². The van der Waals surface area contributed by atoms with Gasteiger partial charge in [-0.05, 0) is 37.0 Å². The van der Waals surface area contributed by atoms with Crippen molar-refractivity contribution in [2.24, 2.45) is 4.99 Å². The topological polar surface area (TPSA) is 52.6 Å². The van der Waals surface area contributed by atoms with Crippen molar-refractivity contribution in [1.82, 2.24) is 15.6 Å². The Hall–Kier alpha value is -1.06. The first-order valence-corrected chi connectivity index (χ1v) is 10.4. The van der Waals surface area contributed by atoms with E-state index < -0.39 is 0 Å².